The smallest absolute Gasteiger partial charge is 0.341 e. The van der Waals surface area contributed by atoms with Gasteiger partial charge >= 0.3 is 11.7 Å². The number of aromatic nitrogens is 3. The van der Waals surface area contributed by atoms with Crippen LogP contribution in [0.4, 0.5) is 15.8 Å². The number of anilines is 1. The molecule has 13 heteroatoms. The number of carboxylic acids is 1. The Morgan fingerprint density at radius 2 is 1.76 bits per heavy atom. The lowest BCUT2D eigenvalue weighted by atomic mass is 10.0. The van der Waals surface area contributed by atoms with Gasteiger partial charge in [0.05, 0.1) is 26.9 Å². The summed E-state index contributed by atoms with van der Waals surface area (Å²) in [7, 11) is 0. The number of nitro benzene ring substituents is 1. The topological polar surface area (TPSA) is 143 Å². The summed E-state index contributed by atoms with van der Waals surface area (Å²) in [6, 6.07) is 12.8. The van der Waals surface area contributed by atoms with E-state index in [1.807, 2.05) is 4.90 Å². The highest BCUT2D eigenvalue weighted by molar-refractivity contribution is 6.31. The molecule has 0 unspecified atom stereocenters. The molecule has 208 valence electrons. The van der Waals surface area contributed by atoms with Crippen LogP contribution in [0.2, 0.25) is 5.02 Å². The molecule has 41 heavy (non-hydrogen) atoms. The van der Waals surface area contributed by atoms with Gasteiger partial charge in [0.2, 0.25) is 5.43 Å². The maximum absolute atomic E-state index is 13.6. The van der Waals surface area contributed by atoms with Crippen LogP contribution in [-0.2, 0) is 0 Å². The first-order valence-electron chi connectivity index (χ1n) is 12.6. The minimum absolute atomic E-state index is 0.149. The number of halogens is 2. The van der Waals surface area contributed by atoms with Gasteiger partial charge in [0, 0.05) is 42.1 Å². The number of benzene rings is 3. The number of hydrogen-bond donors (Lipinski definition) is 2. The highest BCUT2D eigenvalue weighted by Crippen LogP contribution is 2.36. The minimum atomic E-state index is -1.49. The van der Waals surface area contributed by atoms with E-state index in [0.29, 0.717) is 47.7 Å². The summed E-state index contributed by atoms with van der Waals surface area (Å²) in [4.78, 5) is 53.8. The van der Waals surface area contributed by atoms with Gasteiger partial charge in [0.15, 0.2) is 0 Å². The van der Waals surface area contributed by atoms with Crippen molar-refractivity contribution in [1.82, 2.24) is 14.1 Å². The Kier molecular flexibility index (Phi) is 6.34. The number of carbonyl (C=O) groups is 1. The van der Waals surface area contributed by atoms with Gasteiger partial charge in [0.1, 0.15) is 17.1 Å². The lowest BCUT2D eigenvalue weighted by Gasteiger charge is -2.34. The van der Waals surface area contributed by atoms with E-state index in [9.17, 15) is 34.0 Å². The number of aromatic amines is 1. The van der Waals surface area contributed by atoms with E-state index in [1.54, 1.807) is 22.8 Å². The molecule has 3 aromatic carbocycles. The summed E-state index contributed by atoms with van der Waals surface area (Å²) < 4.78 is 16.7. The number of nitrogens with zero attached hydrogens (tertiary/aromatic N) is 4. The summed E-state index contributed by atoms with van der Waals surface area (Å²) in [5.41, 5.74) is 0.137. The summed E-state index contributed by atoms with van der Waals surface area (Å²) in [6.07, 6.45) is 2.15. The fourth-order valence-corrected chi connectivity index (χ4v) is 5.72. The molecule has 3 heterocycles. The molecule has 0 radical (unpaired) electrons. The molecular formula is C28H21ClFN5O6. The number of imidazole rings is 1. The van der Waals surface area contributed by atoms with Crippen LogP contribution in [0, 0.1) is 15.9 Å². The van der Waals surface area contributed by atoms with Crippen LogP contribution in [0.15, 0.2) is 70.4 Å². The Morgan fingerprint density at radius 3 is 2.41 bits per heavy atom. The predicted molar refractivity (Wildman–Crippen MR) is 151 cm³/mol. The summed E-state index contributed by atoms with van der Waals surface area (Å²) in [6.45, 7) is 0.745. The van der Waals surface area contributed by atoms with Crippen LogP contribution >= 0.6 is 11.6 Å². The second kappa shape index (κ2) is 9.89. The van der Waals surface area contributed by atoms with Crippen molar-refractivity contribution in [1.29, 1.82) is 0 Å². The van der Waals surface area contributed by atoms with Gasteiger partial charge in [-0.05, 0) is 61.4 Å². The highest BCUT2D eigenvalue weighted by Gasteiger charge is 2.29. The molecular weight excluding hydrogens is 557 g/mol. The molecule has 11 nitrogen and oxygen atoms in total. The lowest BCUT2D eigenvalue weighted by molar-refractivity contribution is -0.384. The average Bonchev–Trinajstić information content (AvgIpc) is 3.27. The Labute approximate surface area is 234 Å². The number of nitrogens with one attached hydrogen (secondary N) is 1. The van der Waals surface area contributed by atoms with Gasteiger partial charge in [0.25, 0.3) is 5.69 Å². The molecule has 0 spiro atoms. The molecule has 0 atom stereocenters. The van der Waals surface area contributed by atoms with Gasteiger partial charge in [-0.2, -0.15) is 0 Å². The van der Waals surface area contributed by atoms with Crippen LogP contribution in [0.5, 0.6) is 0 Å². The third kappa shape index (κ3) is 4.51. The zero-order valence-electron chi connectivity index (χ0n) is 21.2. The lowest BCUT2D eigenvalue weighted by Crippen LogP contribution is -2.37. The quantitative estimate of drug-likeness (QED) is 0.224. The maximum Gasteiger partial charge on any atom is 0.341 e. The molecule has 2 N–H and O–H groups in total. The molecule has 1 aliphatic rings. The minimum Gasteiger partial charge on any atom is -0.477 e. The summed E-state index contributed by atoms with van der Waals surface area (Å²) >= 11 is 6.07. The zero-order valence-corrected chi connectivity index (χ0v) is 22.0. The van der Waals surface area contributed by atoms with E-state index in [-0.39, 0.29) is 34.0 Å². The number of H-pyrrole nitrogens is 1. The number of nitro groups is 1. The molecule has 0 bridgehead atoms. The van der Waals surface area contributed by atoms with Crippen molar-refractivity contribution in [3.05, 3.63) is 108 Å². The summed E-state index contributed by atoms with van der Waals surface area (Å²) in [5.74, 6) is -1.99. The number of hydrogen-bond acceptors (Lipinski definition) is 6. The third-order valence-electron chi connectivity index (χ3n) is 7.48. The van der Waals surface area contributed by atoms with Crippen molar-refractivity contribution in [3.63, 3.8) is 0 Å². The number of carboxylic acid groups (broad SMARTS) is 1. The van der Waals surface area contributed by atoms with Gasteiger partial charge in [-0.15, -0.1) is 0 Å². The van der Waals surface area contributed by atoms with E-state index in [2.05, 4.69) is 4.98 Å². The first kappa shape index (κ1) is 26.3. The molecule has 1 saturated heterocycles. The van der Waals surface area contributed by atoms with E-state index in [1.165, 1.54) is 34.9 Å². The van der Waals surface area contributed by atoms with Crippen molar-refractivity contribution < 1.29 is 19.2 Å². The molecule has 2 aromatic heterocycles. The van der Waals surface area contributed by atoms with Crippen LogP contribution in [0.3, 0.4) is 0 Å². The third-order valence-corrected chi connectivity index (χ3v) is 7.72. The van der Waals surface area contributed by atoms with Crippen molar-refractivity contribution >= 4 is 50.9 Å². The highest BCUT2D eigenvalue weighted by atomic mass is 35.5. The first-order valence-corrected chi connectivity index (χ1v) is 13.0. The largest absolute Gasteiger partial charge is 0.477 e. The zero-order chi connectivity index (χ0) is 29.0. The molecule has 0 saturated carbocycles. The Hall–Kier alpha value is -4.97. The number of pyridine rings is 1. The number of fused-ring (bicyclic) bond motifs is 2. The Bertz CT molecular complexity index is 1990. The number of rotatable bonds is 5. The van der Waals surface area contributed by atoms with Crippen LogP contribution in [-0.4, -0.2) is 43.2 Å². The molecule has 0 aliphatic carbocycles. The van der Waals surface area contributed by atoms with Crippen molar-refractivity contribution in [3.8, 4) is 5.69 Å². The molecule has 6 rings (SSSR count). The van der Waals surface area contributed by atoms with Crippen molar-refractivity contribution in [2.75, 3.05) is 18.0 Å². The number of aromatic carboxylic acids is 1. The van der Waals surface area contributed by atoms with E-state index in [0.717, 1.165) is 12.3 Å². The van der Waals surface area contributed by atoms with Crippen molar-refractivity contribution in [2.45, 2.75) is 18.9 Å². The van der Waals surface area contributed by atoms with E-state index in [4.69, 9.17) is 11.6 Å². The molecule has 0 amide bonds. The average molecular weight is 578 g/mol. The van der Waals surface area contributed by atoms with Crippen LogP contribution < -0.4 is 16.0 Å². The Balaban J connectivity index is 1.44. The number of piperidine rings is 1. The van der Waals surface area contributed by atoms with Gasteiger partial charge in [-0.1, -0.05) is 11.6 Å². The second-order valence-electron chi connectivity index (χ2n) is 9.82. The predicted octanol–water partition coefficient (Wildman–Crippen LogP) is 4.87. The standard InChI is InChI=1S/C28H21ClFN5O6/c29-15-1-6-22-21(11-15)31-28(39)34(22)18-7-9-32(10-8-18)24-13-23-19(12-25(24)35(40)41)26(36)20(27(37)38)14-33(23)17-4-2-16(30)3-5-17/h1-6,11-14,18H,7-10H2,(H,31,39)(H,37,38). The second-order valence-corrected chi connectivity index (χ2v) is 10.3. The van der Waals surface area contributed by atoms with Gasteiger partial charge in [-0.3, -0.25) is 19.5 Å². The first-order chi connectivity index (χ1) is 19.6. The SMILES string of the molecule is O=C(O)c1cn(-c2ccc(F)cc2)c2cc(N3CCC(n4c(=O)[nH]c5cc(Cl)ccc54)CC3)c([N+](=O)[O-])cc2c1=O. The van der Waals surface area contributed by atoms with Gasteiger partial charge < -0.3 is 19.6 Å². The summed E-state index contributed by atoms with van der Waals surface area (Å²) in [5, 5.41) is 22.1. The fraction of sp³-hybridized carbons (Fsp3) is 0.179. The van der Waals surface area contributed by atoms with Gasteiger partial charge in [-0.25, -0.2) is 14.0 Å². The monoisotopic (exact) mass is 577 g/mol. The van der Waals surface area contributed by atoms with Crippen LogP contribution in [0.1, 0.15) is 29.2 Å². The molecule has 5 aromatic rings. The van der Waals surface area contributed by atoms with Crippen molar-refractivity contribution in [2.24, 2.45) is 0 Å². The molecule has 1 aliphatic heterocycles. The normalized spacial score (nSPS) is 14.1. The van der Waals surface area contributed by atoms with Crippen LogP contribution in [0.25, 0.3) is 27.6 Å². The van der Waals surface area contributed by atoms with E-state index >= 15 is 0 Å². The van der Waals surface area contributed by atoms with E-state index < -0.39 is 27.7 Å². The fourth-order valence-electron chi connectivity index (χ4n) is 5.55. The molecule has 1 fully saturated rings. The maximum atomic E-state index is 13.6. The Morgan fingerprint density at radius 1 is 1.05 bits per heavy atom.